The number of nitriles is 1. The summed E-state index contributed by atoms with van der Waals surface area (Å²) in [6, 6.07) is 7.66. The molecule has 0 saturated heterocycles. The van der Waals surface area contributed by atoms with Gasteiger partial charge in [0.1, 0.15) is 6.07 Å². The molecule has 1 aliphatic rings. The maximum atomic E-state index is 8.90. The Balaban J connectivity index is 1.74. The molecular weight excluding hydrogens is 222 g/mol. The number of anilines is 2. The molecule has 1 aliphatic carbocycles. The largest absolute Gasteiger partial charge is 0.398 e. The minimum absolute atomic E-state index is 0.550. The van der Waals surface area contributed by atoms with Crippen LogP contribution >= 0.6 is 0 Å². The Morgan fingerprint density at radius 1 is 1.33 bits per heavy atom. The van der Waals surface area contributed by atoms with Crippen LogP contribution in [0.15, 0.2) is 18.2 Å². The van der Waals surface area contributed by atoms with Crippen molar-refractivity contribution in [2.45, 2.75) is 38.5 Å². The summed E-state index contributed by atoms with van der Waals surface area (Å²) in [5.74, 6) is 0.952. The maximum absolute atomic E-state index is 8.90. The lowest BCUT2D eigenvalue weighted by molar-refractivity contribution is 0.491. The van der Waals surface area contributed by atoms with E-state index < -0.39 is 0 Å². The first kappa shape index (κ1) is 12.8. The molecular formula is C15H21N3. The highest BCUT2D eigenvalue weighted by atomic mass is 14.9. The Kier molecular flexibility index (Phi) is 4.46. The topological polar surface area (TPSA) is 61.8 Å². The number of nitrogen functional groups attached to an aromatic ring is 1. The molecule has 1 aromatic rings. The molecule has 3 nitrogen and oxygen atoms in total. The van der Waals surface area contributed by atoms with Gasteiger partial charge in [0.05, 0.1) is 5.56 Å². The summed E-state index contributed by atoms with van der Waals surface area (Å²) in [6.45, 7) is 0.977. The number of rotatable bonds is 5. The smallest absolute Gasteiger partial charge is 0.101 e. The molecule has 3 heteroatoms. The molecule has 0 bridgehead atoms. The first-order chi connectivity index (χ1) is 8.79. The predicted octanol–water partition coefficient (Wildman–Crippen LogP) is 3.52. The van der Waals surface area contributed by atoms with Crippen molar-refractivity contribution in [1.82, 2.24) is 0 Å². The van der Waals surface area contributed by atoms with Gasteiger partial charge >= 0.3 is 0 Å². The molecule has 0 amide bonds. The average molecular weight is 243 g/mol. The second-order valence-electron chi connectivity index (χ2n) is 5.13. The highest BCUT2D eigenvalue weighted by molar-refractivity contribution is 5.61. The van der Waals surface area contributed by atoms with Crippen LogP contribution in [0.3, 0.4) is 0 Å². The monoisotopic (exact) mass is 243 g/mol. The van der Waals surface area contributed by atoms with Gasteiger partial charge in [0, 0.05) is 17.9 Å². The second-order valence-corrected chi connectivity index (χ2v) is 5.13. The molecule has 0 heterocycles. The van der Waals surface area contributed by atoms with E-state index in [1.54, 1.807) is 6.07 Å². The molecule has 0 radical (unpaired) electrons. The van der Waals surface area contributed by atoms with Gasteiger partial charge in [-0.15, -0.1) is 0 Å². The van der Waals surface area contributed by atoms with Crippen molar-refractivity contribution < 1.29 is 0 Å². The summed E-state index contributed by atoms with van der Waals surface area (Å²) in [4.78, 5) is 0. The van der Waals surface area contributed by atoms with Crippen LogP contribution < -0.4 is 11.1 Å². The van der Waals surface area contributed by atoms with Gasteiger partial charge in [-0.05, 0) is 37.0 Å². The standard InChI is InChI=1S/C15H21N3/c16-11-13-10-14(7-8-15(13)17)18-9-3-6-12-4-1-2-5-12/h7-8,10,12,18H,1-6,9,17H2. The summed E-state index contributed by atoms with van der Waals surface area (Å²) in [6.07, 6.45) is 8.20. The summed E-state index contributed by atoms with van der Waals surface area (Å²) >= 11 is 0. The summed E-state index contributed by atoms with van der Waals surface area (Å²) in [5.41, 5.74) is 7.78. The fourth-order valence-corrected chi connectivity index (χ4v) is 2.69. The number of nitrogens with one attached hydrogen (secondary N) is 1. The van der Waals surface area contributed by atoms with Crippen LogP contribution in [0.2, 0.25) is 0 Å². The van der Waals surface area contributed by atoms with Crippen LogP contribution in [0, 0.1) is 17.2 Å². The molecule has 2 rings (SSSR count). The molecule has 1 fully saturated rings. The lowest BCUT2D eigenvalue weighted by atomic mass is 10.0. The first-order valence-electron chi connectivity index (χ1n) is 6.83. The van der Waals surface area contributed by atoms with Crippen LogP contribution in [-0.4, -0.2) is 6.54 Å². The van der Waals surface area contributed by atoms with E-state index in [2.05, 4.69) is 11.4 Å². The van der Waals surface area contributed by atoms with Crippen molar-refractivity contribution >= 4 is 11.4 Å². The predicted molar refractivity (Wildman–Crippen MR) is 75.3 cm³/mol. The third-order valence-corrected chi connectivity index (χ3v) is 3.77. The lowest BCUT2D eigenvalue weighted by Crippen LogP contribution is -2.04. The van der Waals surface area contributed by atoms with E-state index in [4.69, 9.17) is 11.0 Å². The van der Waals surface area contributed by atoms with Crippen molar-refractivity contribution in [3.8, 4) is 6.07 Å². The molecule has 0 spiro atoms. The Morgan fingerprint density at radius 3 is 2.83 bits per heavy atom. The van der Waals surface area contributed by atoms with Crippen molar-refractivity contribution in [2.75, 3.05) is 17.6 Å². The molecule has 18 heavy (non-hydrogen) atoms. The van der Waals surface area contributed by atoms with E-state index >= 15 is 0 Å². The zero-order chi connectivity index (χ0) is 12.8. The van der Waals surface area contributed by atoms with E-state index in [1.807, 2.05) is 12.1 Å². The molecule has 0 atom stereocenters. The van der Waals surface area contributed by atoms with E-state index in [0.717, 1.165) is 18.2 Å². The van der Waals surface area contributed by atoms with Crippen LogP contribution in [0.4, 0.5) is 11.4 Å². The number of benzene rings is 1. The Labute approximate surface area is 109 Å². The fourth-order valence-electron chi connectivity index (χ4n) is 2.69. The minimum Gasteiger partial charge on any atom is -0.398 e. The van der Waals surface area contributed by atoms with Crippen molar-refractivity contribution in [1.29, 1.82) is 5.26 Å². The average Bonchev–Trinajstić information content (AvgIpc) is 2.89. The zero-order valence-electron chi connectivity index (χ0n) is 10.8. The minimum atomic E-state index is 0.550. The summed E-state index contributed by atoms with van der Waals surface area (Å²) in [7, 11) is 0. The summed E-state index contributed by atoms with van der Waals surface area (Å²) < 4.78 is 0. The SMILES string of the molecule is N#Cc1cc(NCCCC2CCCC2)ccc1N. The van der Waals surface area contributed by atoms with Crippen molar-refractivity contribution in [3.63, 3.8) is 0 Å². The number of nitrogens with two attached hydrogens (primary N) is 1. The molecule has 3 N–H and O–H groups in total. The van der Waals surface area contributed by atoms with Crippen molar-refractivity contribution in [3.05, 3.63) is 23.8 Å². The van der Waals surface area contributed by atoms with Crippen LogP contribution in [0.1, 0.15) is 44.1 Å². The molecule has 0 unspecified atom stereocenters. The van der Waals surface area contributed by atoms with Crippen LogP contribution in [-0.2, 0) is 0 Å². The fraction of sp³-hybridized carbons (Fsp3) is 0.533. The van der Waals surface area contributed by atoms with Gasteiger partial charge in [0.25, 0.3) is 0 Å². The quantitative estimate of drug-likeness (QED) is 0.614. The van der Waals surface area contributed by atoms with Crippen LogP contribution in [0.5, 0.6) is 0 Å². The number of nitrogens with zero attached hydrogens (tertiary/aromatic N) is 1. The van der Waals surface area contributed by atoms with Crippen molar-refractivity contribution in [2.24, 2.45) is 5.92 Å². The molecule has 0 aliphatic heterocycles. The highest BCUT2D eigenvalue weighted by Gasteiger charge is 2.13. The third kappa shape index (κ3) is 3.40. The number of hydrogen-bond donors (Lipinski definition) is 2. The van der Waals surface area contributed by atoms with Crippen LogP contribution in [0.25, 0.3) is 0 Å². The molecule has 1 saturated carbocycles. The zero-order valence-corrected chi connectivity index (χ0v) is 10.8. The van der Waals surface area contributed by atoms with Gasteiger partial charge < -0.3 is 11.1 Å². The van der Waals surface area contributed by atoms with Gasteiger partial charge in [-0.25, -0.2) is 0 Å². The molecule has 0 aromatic heterocycles. The van der Waals surface area contributed by atoms with Gasteiger partial charge in [-0.1, -0.05) is 25.7 Å². The van der Waals surface area contributed by atoms with E-state index in [9.17, 15) is 0 Å². The first-order valence-corrected chi connectivity index (χ1v) is 6.83. The van der Waals surface area contributed by atoms with E-state index in [-0.39, 0.29) is 0 Å². The second kappa shape index (κ2) is 6.30. The molecule has 1 aromatic carbocycles. The van der Waals surface area contributed by atoms with Gasteiger partial charge in [0.2, 0.25) is 0 Å². The Morgan fingerprint density at radius 2 is 2.11 bits per heavy atom. The lowest BCUT2D eigenvalue weighted by Gasteiger charge is -2.10. The van der Waals surface area contributed by atoms with Gasteiger partial charge in [-0.2, -0.15) is 5.26 Å². The third-order valence-electron chi connectivity index (χ3n) is 3.77. The normalized spacial score (nSPS) is 15.5. The molecule has 96 valence electrons. The summed E-state index contributed by atoms with van der Waals surface area (Å²) in [5, 5.41) is 12.3. The Bertz CT molecular complexity index is 428. The van der Waals surface area contributed by atoms with Gasteiger partial charge in [-0.3, -0.25) is 0 Å². The highest BCUT2D eigenvalue weighted by Crippen LogP contribution is 2.28. The number of hydrogen-bond acceptors (Lipinski definition) is 3. The Hall–Kier alpha value is -1.69. The van der Waals surface area contributed by atoms with Gasteiger partial charge in [0.15, 0.2) is 0 Å². The van der Waals surface area contributed by atoms with E-state index in [1.165, 1.54) is 38.5 Å². The maximum Gasteiger partial charge on any atom is 0.101 e. The van der Waals surface area contributed by atoms with E-state index in [0.29, 0.717) is 11.3 Å².